The van der Waals surface area contributed by atoms with Gasteiger partial charge in [-0.2, -0.15) is 0 Å². The zero-order chi connectivity index (χ0) is 21.6. The number of rotatable bonds is 2. The van der Waals surface area contributed by atoms with E-state index >= 15 is 0 Å². The smallest absolute Gasteiger partial charge is 0.127 e. The fourth-order valence-corrected chi connectivity index (χ4v) is 3.65. The van der Waals surface area contributed by atoms with E-state index in [1.807, 2.05) is 72.8 Å². The first-order valence-corrected chi connectivity index (χ1v) is 10.6. The average Bonchev–Trinajstić information content (AvgIpc) is 2.89. The van der Waals surface area contributed by atoms with Gasteiger partial charge in [-0.25, -0.2) is 4.98 Å². The molecule has 0 aliphatic carbocycles. The number of ether oxygens (including phenoxy) is 1. The molecule has 0 spiro atoms. The van der Waals surface area contributed by atoms with Crippen LogP contribution in [0.4, 0.5) is 0 Å². The van der Waals surface area contributed by atoms with Crippen molar-refractivity contribution < 1.29 is 4.74 Å². The van der Waals surface area contributed by atoms with Crippen LogP contribution in [0.15, 0.2) is 115 Å². The van der Waals surface area contributed by atoms with Crippen LogP contribution in [-0.2, 0) is 0 Å². The number of fused-ring (bicyclic) bond motifs is 2. The Bertz CT molecular complexity index is 1360. The van der Waals surface area contributed by atoms with E-state index < -0.39 is 0 Å². The van der Waals surface area contributed by atoms with E-state index in [-0.39, 0.29) is 0 Å². The summed E-state index contributed by atoms with van der Waals surface area (Å²) in [6.07, 6.45) is 3.94. The minimum Gasteiger partial charge on any atom is -0.488 e. The normalized spacial score (nSPS) is 12.1. The predicted octanol–water partition coefficient (Wildman–Crippen LogP) is 6.92. The van der Waals surface area contributed by atoms with Gasteiger partial charge >= 0.3 is 0 Å². The Morgan fingerprint density at radius 2 is 1.41 bits per heavy atom. The molecule has 0 bridgehead atoms. The highest BCUT2D eigenvalue weighted by molar-refractivity contribution is 5.84. The van der Waals surface area contributed by atoms with Crippen molar-refractivity contribution in [1.82, 2.24) is 9.97 Å². The Labute approximate surface area is 187 Å². The molecule has 0 unspecified atom stereocenters. The molecule has 0 radical (unpaired) electrons. The summed E-state index contributed by atoms with van der Waals surface area (Å²) in [5, 5.41) is 1.18. The van der Waals surface area contributed by atoms with Crippen molar-refractivity contribution in [3.63, 3.8) is 0 Å². The van der Waals surface area contributed by atoms with Gasteiger partial charge in [0.25, 0.3) is 0 Å². The van der Waals surface area contributed by atoms with Crippen LogP contribution in [0.3, 0.4) is 0 Å². The first kappa shape index (κ1) is 19.7. The fourth-order valence-electron chi connectivity index (χ4n) is 3.65. The molecule has 3 nitrogen and oxygen atoms in total. The van der Waals surface area contributed by atoms with Crippen molar-refractivity contribution in [2.45, 2.75) is 0 Å². The summed E-state index contributed by atoms with van der Waals surface area (Å²) in [4.78, 5) is 8.97. The summed E-state index contributed by atoms with van der Waals surface area (Å²) in [7, 11) is 0. The van der Waals surface area contributed by atoms with Crippen molar-refractivity contribution >= 4 is 22.6 Å². The van der Waals surface area contributed by atoms with Gasteiger partial charge in [-0.05, 0) is 36.4 Å². The molecule has 0 saturated carbocycles. The van der Waals surface area contributed by atoms with Gasteiger partial charge in [-0.1, -0.05) is 78.9 Å². The van der Waals surface area contributed by atoms with Crippen LogP contribution in [0.2, 0.25) is 0 Å². The van der Waals surface area contributed by atoms with Gasteiger partial charge in [0, 0.05) is 28.3 Å². The Morgan fingerprint density at radius 3 is 2.28 bits per heavy atom. The van der Waals surface area contributed by atoms with Gasteiger partial charge in [0.15, 0.2) is 0 Å². The Hall–Kier alpha value is -4.24. The molecule has 3 aromatic carbocycles. The average molecular weight is 415 g/mol. The zero-order valence-corrected chi connectivity index (χ0v) is 17.6. The van der Waals surface area contributed by atoms with Crippen LogP contribution >= 0.6 is 0 Å². The Balaban J connectivity index is 0.000000135. The van der Waals surface area contributed by atoms with Crippen molar-refractivity contribution in [2.24, 2.45) is 0 Å². The molecule has 0 atom stereocenters. The molecule has 1 aliphatic heterocycles. The molecule has 3 heteroatoms. The van der Waals surface area contributed by atoms with Crippen molar-refractivity contribution in [1.29, 1.82) is 0 Å². The second-order valence-electron chi connectivity index (χ2n) is 7.47. The highest BCUT2D eigenvalue weighted by Crippen LogP contribution is 2.29. The van der Waals surface area contributed by atoms with Crippen LogP contribution < -0.4 is 4.74 Å². The van der Waals surface area contributed by atoms with E-state index in [1.54, 1.807) is 6.20 Å². The fraction of sp³-hybridized carbons (Fsp3) is 0.0345. The lowest BCUT2D eigenvalue weighted by Gasteiger charge is -2.17. The summed E-state index contributed by atoms with van der Waals surface area (Å²) in [5.41, 5.74) is 6.46. The summed E-state index contributed by atoms with van der Waals surface area (Å²) in [6.45, 7) is 0.591. The molecule has 0 N–H and O–H groups in total. The SMILES string of the molecule is C1=C(c2ccccn2)COc2ccccc21.c1ccc(-c2ccc3ccccc3n2)cc1. The number of hydrogen-bond donors (Lipinski definition) is 0. The Morgan fingerprint density at radius 1 is 0.625 bits per heavy atom. The zero-order valence-electron chi connectivity index (χ0n) is 17.6. The van der Waals surface area contributed by atoms with E-state index in [9.17, 15) is 0 Å². The van der Waals surface area contributed by atoms with Gasteiger partial charge in [0.1, 0.15) is 12.4 Å². The topological polar surface area (TPSA) is 35.0 Å². The molecule has 0 amide bonds. The number of para-hydroxylation sites is 2. The molecule has 2 aromatic heterocycles. The van der Waals surface area contributed by atoms with E-state index in [1.165, 1.54) is 5.39 Å². The first-order chi connectivity index (χ1) is 15.9. The maximum Gasteiger partial charge on any atom is 0.127 e. The molecule has 0 fully saturated rings. The highest BCUT2D eigenvalue weighted by atomic mass is 16.5. The van der Waals surface area contributed by atoms with Crippen LogP contribution in [0.1, 0.15) is 11.3 Å². The van der Waals surface area contributed by atoms with Gasteiger partial charge in [-0.3, -0.25) is 4.98 Å². The summed E-state index contributed by atoms with van der Waals surface area (Å²) in [6, 6.07) is 36.6. The first-order valence-electron chi connectivity index (χ1n) is 10.6. The number of nitrogens with zero attached hydrogens (tertiary/aromatic N) is 2. The minimum atomic E-state index is 0.591. The van der Waals surface area contributed by atoms with Crippen LogP contribution in [0, 0.1) is 0 Å². The number of benzene rings is 3. The molecule has 0 saturated heterocycles. The van der Waals surface area contributed by atoms with Crippen molar-refractivity contribution in [2.75, 3.05) is 6.61 Å². The summed E-state index contributed by atoms with van der Waals surface area (Å²) in [5.74, 6) is 0.946. The third-order valence-corrected chi connectivity index (χ3v) is 5.29. The highest BCUT2D eigenvalue weighted by Gasteiger charge is 2.12. The van der Waals surface area contributed by atoms with Crippen molar-refractivity contribution in [3.8, 4) is 17.0 Å². The van der Waals surface area contributed by atoms with E-state index in [0.717, 1.165) is 39.4 Å². The lowest BCUT2D eigenvalue weighted by Crippen LogP contribution is -2.07. The molecule has 154 valence electrons. The maximum atomic E-state index is 5.68. The quantitative estimate of drug-likeness (QED) is 0.315. The van der Waals surface area contributed by atoms with Gasteiger partial charge in [0.2, 0.25) is 0 Å². The second kappa shape index (κ2) is 9.27. The standard InChI is InChI=1S/C15H11N.C14H11NO/c1-2-6-12(7-3-1)15-11-10-13-8-4-5-9-14(13)16-15;1-2-7-14-11(5-1)9-12(10-16-14)13-6-3-4-8-15-13/h1-11H;1-9H,10H2. The minimum absolute atomic E-state index is 0.591. The van der Waals surface area contributed by atoms with E-state index in [0.29, 0.717) is 6.61 Å². The van der Waals surface area contributed by atoms with Crippen LogP contribution in [0.25, 0.3) is 33.8 Å². The number of aromatic nitrogens is 2. The van der Waals surface area contributed by atoms with Crippen molar-refractivity contribution in [3.05, 3.63) is 127 Å². The largest absolute Gasteiger partial charge is 0.488 e. The molecule has 3 heterocycles. The molecule has 1 aliphatic rings. The van der Waals surface area contributed by atoms with Gasteiger partial charge in [0.05, 0.1) is 16.9 Å². The van der Waals surface area contributed by atoms with E-state index in [2.05, 4.69) is 52.4 Å². The summed E-state index contributed by atoms with van der Waals surface area (Å²) >= 11 is 0. The monoisotopic (exact) mass is 414 g/mol. The van der Waals surface area contributed by atoms with Gasteiger partial charge < -0.3 is 4.74 Å². The molecule has 5 aromatic rings. The second-order valence-corrected chi connectivity index (χ2v) is 7.47. The predicted molar refractivity (Wildman–Crippen MR) is 131 cm³/mol. The molecule has 32 heavy (non-hydrogen) atoms. The third-order valence-electron chi connectivity index (χ3n) is 5.29. The lowest BCUT2D eigenvalue weighted by molar-refractivity contribution is 0.365. The molecular formula is C29H22N2O. The molecular weight excluding hydrogens is 392 g/mol. The van der Waals surface area contributed by atoms with E-state index in [4.69, 9.17) is 4.74 Å². The Kier molecular flexibility index (Phi) is 5.71. The lowest BCUT2D eigenvalue weighted by atomic mass is 10.1. The number of pyridine rings is 2. The summed E-state index contributed by atoms with van der Waals surface area (Å²) < 4.78 is 5.68. The number of hydrogen-bond acceptors (Lipinski definition) is 3. The van der Waals surface area contributed by atoms with Gasteiger partial charge in [-0.15, -0.1) is 0 Å². The third kappa shape index (κ3) is 4.42. The van der Waals surface area contributed by atoms with Crippen LogP contribution in [0.5, 0.6) is 5.75 Å². The maximum absolute atomic E-state index is 5.68. The van der Waals surface area contributed by atoms with Crippen LogP contribution in [-0.4, -0.2) is 16.6 Å². The molecule has 6 rings (SSSR count).